The zero-order valence-electron chi connectivity index (χ0n) is 13.8. The number of aldehydes is 1. The van der Waals surface area contributed by atoms with Gasteiger partial charge in [-0.05, 0) is 51.2 Å². The van der Waals surface area contributed by atoms with Gasteiger partial charge in [-0.25, -0.2) is 0 Å². The Balaban J connectivity index is 2.44. The Morgan fingerprint density at radius 2 is 1.96 bits per heavy atom. The van der Waals surface area contributed by atoms with E-state index >= 15 is 0 Å². The monoisotopic (exact) mass is 352 g/mol. The number of rotatable bonds is 9. The Morgan fingerprint density at radius 1 is 1.26 bits per heavy atom. The highest BCUT2D eigenvalue weighted by molar-refractivity contribution is 8.00. The van der Waals surface area contributed by atoms with Crippen LogP contribution < -0.4 is 0 Å². The van der Waals surface area contributed by atoms with Crippen molar-refractivity contribution in [3.05, 3.63) is 12.2 Å². The number of unbranched alkanes of at least 4 members (excludes halogenated alkanes) is 2. The summed E-state index contributed by atoms with van der Waals surface area (Å²) in [5.41, 5.74) is -0.818. The fraction of sp³-hybridized carbons (Fsp3) is 0.824. The average Bonchev–Trinajstić information content (AvgIpc) is 2.44. The quantitative estimate of drug-likeness (QED) is 0.369. The molecule has 23 heavy (non-hydrogen) atoms. The van der Waals surface area contributed by atoms with E-state index in [1.165, 1.54) is 6.08 Å². The normalized spacial score (nSPS) is 23.7. The third-order valence-corrected chi connectivity index (χ3v) is 5.79. The Bertz CT molecular complexity index is 388. The van der Waals surface area contributed by atoms with Crippen LogP contribution in [-0.2, 0) is 4.79 Å². The first-order chi connectivity index (χ1) is 10.6. The minimum Gasteiger partial charge on any atom is -0.390 e. The number of carbonyl (C=O) groups excluding carboxylic acids is 1. The summed E-state index contributed by atoms with van der Waals surface area (Å²) in [4.78, 5) is 10.3. The molecule has 6 heteroatoms. The van der Waals surface area contributed by atoms with Gasteiger partial charge in [0.15, 0.2) is 0 Å². The van der Waals surface area contributed by atoms with E-state index < -0.39 is 17.7 Å². The summed E-state index contributed by atoms with van der Waals surface area (Å²) in [7, 11) is 0. The number of hydrogen-bond acceptors (Lipinski definition) is 3. The largest absolute Gasteiger partial charge is 0.395 e. The highest BCUT2D eigenvalue weighted by Crippen LogP contribution is 2.38. The third kappa shape index (κ3) is 7.75. The van der Waals surface area contributed by atoms with Crippen molar-refractivity contribution in [3.8, 4) is 0 Å². The van der Waals surface area contributed by atoms with Gasteiger partial charge in [0.2, 0.25) is 0 Å². The molecule has 0 aromatic heterocycles. The van der Waals surface area contributed by atoms with Crippen LogP contribution in [-0.4, -0.2) is 34.2 Å². The molecule has 1 aliphatic rings. The Morgan fingerprint density at radius 3 is 2.43 bits per heavy atom. The highest BCUT2D eigenvalue weighted by Gasteiger charge is 2.39. The molecule has 0 fully saturated rings. The molecule has 2 nitrogen and oxygen atoms in total. The molecular weight excluding hydrogens is 325 g/mol. The molecule has 0 aliphatic heterocycles. The first-order valence-corrected chi connectivity index (χ1v) is 9.22. The number of aliphatic hydroxyl groups is 1. The van der Waals surface area contributed by atoms with Gasteiger partial charge in [0.25, 0.3) is 0 Å². The lowest BCUT2D eigenvalue weighted by atomic mass is 9.88. The van der Waals surface area contributed by atoms with Crippen LogP contribution in [0.4, 0.5) is 13.2 Å². The fourth-order valence-corrected chi connectivity index (χ4v) is 4.26. The van der Waals surface area contributed by atoms with Crippen LogP contribution >= 0.6 is 11.8 Å². The predicted molar refractivity (Wildman–Crippen MR) is 88.5 cm³/mol. The van der Waals surface area contributed by atoms with E-state index in [9.17, 15) is 23.1 Å². The summed E-state index contributed by atoms with van der Waals surface area (Å²) in [6.45, 7) is 3.54. The second-order valence-corrected chi connectivity index (χ2v) is 8.06. The zero-order valence-corrected chi connectivity index (χ0v) is 14.6. The van der Waals surface area contributed by atoms with Crippen LogP contribution in [0.3, 0.4) is 0 Å². The van der Waals surface area contributed by atoms with Gasteiger partial charge in [0.05, 0.1) is 11.5 Å². The lowest BCUT2D eigenvalue weighted by Crippen LogP contribution is -2.33. The maximum absolute atomic E-state index is 12.6. The van der Waals surface area contributed by atoms with Gasteiger partial charge in [-0.1, -0.05) is 18.6 Å². The number of allylic oxidation sites excluding steroid dienone is 1. The van der Waals surface area contributed by atoms with Gasteiger partial charge in [0.1, 0.15) is 6.29 Å². The van der Waals surface area contributed by atoms with Crippen molar-refractivity contribution in [3.63, 3.8) is 0 Å². The Kier molecular flexibility index (Phi) is 8.14. The first kappa shape index (κ1) is 20.6. The van der Waals surface area contributed by atoms with Crippen LogP contribution in [0, 0.1) is 11.8 Å². The number of halogens is 3. The van der Waals surface area contributed by atoms with Gasteiger partial charge in [-0.15, -0.1) is 0 Å². The molecule has 3 atom stereocenters. The number of hydrogen-bond donors (Lipinski definition) is 1. The molecule has 0 spiro atoms. The molecular formula is C17H27F3O2S. The maximum atomic E-state index is 12.6. The van der Waals surface area contributed by atoms with Crippen molar-refractivity contribution < 1.29 is 23.1 Å². The minimum atomic E-state index is -4.14. The summed E-state index contributed by atoms with van der Waals surface area (Å²) >= 11 is 1.63. The SMILES string of the molecule is CC(C)(O)C(CCCCC=O)CSC1C=CC(C(F)(F)F)CC1. The third-order valence-electron chi connectivity index (χ3n) is 4.38. The predicted octanol–water partition coefficient (Wildman–Crippen LogP) is 4.76. The molecule has 0 bridgehead atoms. The van der Waals surface area contributed by atoms with Crippen molar-refractivity contribution in [2.75, 3.05) is 5.75 Å². The van der Waals surface area contributed by atoms with E-state index in [1.807, 2.05) is 0 Å². The lowest BCUT2D eigenvalue weighted by molar-refractivity contribution is -0.163. The van der Waals surface area contributed by atoms with Crippen LogP contribution in [0.5, 0.6) is 0 Å². The molecule has 0 heterocycles. The molecule has 0 saturated heterocycles. The lowest BCUT2D eigenvalue weighted by Gasteiger charge is -2.31. The smallest absolute Gasteiger partial charge is 0.390 e. The van der Waals surface area contributed by atoms with Crippen LogP contribution in [0.25, 0.3) is 0 Å². The Hall–Kier alpha value is -0.490. The molecule has 0 aromatic carbocycles. The van der Waals surface area contributed by atoms with E-state index in [2.05, 4.69) is 0 Å². The maximum Gasteiger partial charge on any atom is 0.395 e. The second-order valence-electron chi connectivity index (χ2n) is 6.78. The standard InChI is InChI=1S/C17H27F3O2S/c1-16(2,22)14(6-4-3-5-11-21)12-23-15-9-7-13(8-10-15)17(18,19)20/h7,9,11,13-15,22H,3-6,8,10,12H2,1-2H3. The highest BCUT2D eigenvalue weighted by atomic mass is 32.2. The van der Waals surface area contributed by atoms with Crippen LogP contribution in [0.2, 0.25) is 0 Å². The van der Waals surface area contributed by atoms with Crippen molar-refractivity contribution >= 4 is 18.0 Å². The summed E-state index contributed by atoms with van der Waals surface area (Å²) in [5, 5.41) is 10.4. The second kappa shape index (κ2) is 9.11. The van der Waals surface area contributed by atoms with Crippen molar-refractivity contribution in [2.24, 2.45) is 11.8 Å². The molecule has 0 saturated carbocycles. The summed E-state index contributed by atoms with van der Waals surface area (Å²) in [6, 6.07) is 0. The van der Waals surface area contributed by atoms with Crippen molar-refractivity contribution in [2.45, 2.75) is 69.4 Å². The fourth-order valence-electron chi connectivity index (χ4n) is 2.70. The van der Waals surface area contributed by atoms with E-state index in [0.717, 1.165) is 31.3 Å². The summed E-state index contributed by atoms with van der Waals surface area (Å²) in [5.74, 6) is -0.517. The van der Waals surface area contributed by atoms with Gasteiger partial charge in [-0.3, -0.25) is 0 Å². The Labute approximate surface area is 140 Å². The van der Waals surface area contributed by atoms with Crippen LogP contribution in [0.1, 0.15) is 52.4 Å². The molecule has 1 aliphatic carbocycles. The van der Waals surface area contributed by atoms with E-state index in [4.69, 9.17) is 0 Å². The number of thioether (sulfide) groups is 1. The van der Waals surface area contributed by atoms with Gasteiger partial charge in [0, 0.05) is 11.7 Å². The van der Waals surface area contributed by atoms with E-state index in [-0.39, 0.29) is 17.6 Å². The molecule has 0 radical (unpaired) electrons. The molecule has 1 N–H and O–H groups in total. The minimum absolute atomic E-state index is 0.0768. The van der Waals surface area contributed by atoms with E-state index in [1.54, 1.807) is 31.7 Å². The van der Waals surface area contributed by atoms with Crippen molar-refractivity contribution in [1.82, 2.24) is 0 Å². The topological polar surface area (TPSA) is 37.3 Å². The first-order valence-electron chi connectivity index (χ1n) is 8.17. The average molecular weight is 352 g/mol. The molecule has 3 unspecified atom stereocenters. The molecule has 0 aromatic rings. The summed E-state index contributed by atoms with van der Waals surface area (Å²) < 4.78 is 37.9. The summed E-state index contributed by atoms with van der Waals surface area (Å²) in [6.07, 6.45) is 3.44. The molecule has 0 amide bonds. The molecule has 134 valence electrons. The van der Waals surface area contributed by atoms with Crippen LogP contribution in [0.15, 0.2) is 12.2 Å². The van der Waals surface area contributed by atoms with Gasteiger partial charge >= 0.3 is 6.18 Å². The molecule has 1 rings (SSSR count). The number of carbonyl (C=O) groups is 1. The van der Waals surface area contributed by atoms with Crippen molar-refractivity contribution in [1.29, 1.82) is 0 Å². The van der Waals surface area contributed by atoms with Gasteiger partial charge in [-0.2, -0.15) is 24.9 Å². The number of alkyl halides is 3. The van der Waals surface area contributed by atoms with Gasteiger partial charge < -0.3 is 9.90 Å². The van der Waals surface area contributed by atoms with E-state index in [0.29, 0.717) is 12.8 Å². The zero-order chi connectivity index (χ0) is 17.5.